The Bertz CT molecular complexity index is 83.3. The van der Waals surface area contributed by atoms with Gasteiger partial charge in [-0.3, -0.25) is 0 Å². The van der Waals surface area contributed by atoms with Crippen LogP contribution in [-0.4, -0.2) is 19.8 Å². The topological polar surface area (TPSA) is 35.2 Å². The van der Waals surface area contributed by atoms with Crippen LogP contribution >= 0.6 is 0 Å². The second-order valence-electron chi connectivity index (χ2n) is 3.15. The maximum Gasteiger partial charge on any atom is 0.0490 e. The first-order valence-corrected chi connectivity index (χ1v) is 3.84. The van der Waals surface area contributed by atoms with Gasteiger partial charge in [-0.2, -0.15) is 0 Å². The standard InChI is InChI=1S/C8H19NO/c1-6(5-10-4)7(2)8(3)9/h6-8H,5,9H2,1-4H3. The van der Waals surface area contributed by atoms with Gasteiger partial charge >= 0.3 is 0 Å². The Labute approximate surface area is 63.7 Å². The van der Waals surface area contributed by atoms with Crippen LogP contribution < -0.4 is 5.73 Å². The van der Waals surface area contributed by atoms with E-state index in [2.05, 4.69) is 13.8 Å². The Morgan fingerprint density at radius 1 is 1.30 bits per heavy atom. The summed E-state index contributed by atoms with van der Waals surface area (Å²) in [5.74, 6) is 1.10. The van der Waals surface area contributed by atoms with Gasteiger partial charge in [0.05, 0.1) is 0 Å². The van der Waals surface area contributed by atoms with E-state index in [1.807, 2.05) is 6.92 Å². The monoisotopic (exact) mass is 145 g/mol. The molecule has 0 heterocycles. The molecule has 2 nitrogen and oxygen atoms in total. The van der Waals surface area contributed by atoms with Crippen molar-refractivity contribution < 1.29 is 4.74 Å². The Morgan fingerprint density at radius 3 is 2.10 bits per heavy atom. The van der Waals surface area contributed by atoms with Gasteiger partial charge in [-0.25, -0.2) is 0 Å². The molecule has 0 amide bonds. The second-order valence-corrected chi connectivity index (χ2v) is 3.15. The lowest BCUT2D eigenvalue weighted by Gasteiger charge is -2.22. The predicted octanol–water partition coefficient (Wildman–Crippen LogP) is 1.25. The molecule has 0 bridgehead atoms. The zero-order valence-corrected chi connectivity index (χ0v) is 7.42. The van der Waals surface area contributed by atoms with Crippen LogP contribution in [0, 0.1) is 11.8 Å². The molecule has 0 aliphatic heterocycles. The highest BCUT2D eigenvalue weighted by molar-refractivity contribution is 4.68. The van der Waals surface area contributed by atoms with Crippen molar-refractivity contribution in [2.24, 2.45) is 17.6 Å². The lowest BCUT2D eigenvalue weighted by Crippen LogP contribution is -2.30. The molecule has 0 saturated carbocycles. The van der Waals surface area contributed by atoms with Crippen molar-refractivity contribution in [3.8, 4) is 0 Å². The number of hydrogen-bond donors (Lipinski definition) is 1. The molecule has 3 atom stereocenters. The first-order chi connectivity index (χ1) is 4.59. The lowest BCUT2D eigenvalue weighted by atomic mass is 9.91. The molecule has 0 spiro atoms. The van der Waals surface area contributed by atoms with Gasteiger partial charge in [0, 0.05) is 19.8 Å². The van der Waals surface area contributed by atoms with Crippen molar-refractivity contribution in [3.05, 3.63) is 0 Å². The number of methoxy groups -OCH3 is 1. The van der Waals surface area contributed by atoms with E-state index in [1.165, 1.54) is 0 Å². The maximum absolute atomic E-state index is 5.71. The summed E-state index contributed by atoms with van der Waals surface area (Å²) >= 11 is 0. The van der Waals surface area contributed by atoms with E-state index in [-0.39, 0.29) is 6.04 Å². The van der Waals surface area contributed by atoms with Crippen molar-refractivity contribution >= 4 is 0 Å². The zero-order valence-electron chi connectivity index (χ0n) is 7.42. The molecule has 10 heavy (non-hydrogen) atoms. The van der Waals surface area contributed by atoms with Crippen LogP contribution in [0.3, 0.4) is 0 Å². The summed E-state index contributed by atoms with van der Waals surface area (Å²) in [6, 6.07) is 0.269. The molecule has 0 saturated heterocycles. The number of hydrogen-bond acceptors (Lipinski definition) is 2. The molecule has 0 aromatic rings. The van der Waals surface area contributed by atoms with Crippen LogP contribution in [0.4, 0.5) is 0 Å². The van der Waals surface area contributed by atoms with Crippen LogP contribution in [-0.2, 0) is 4.74 Å². The molecule has 0 rings (SSSR count). The van der Waals surface area contributed by atoms with Gasteiger partial charge in [-0.15, -0.1) is 0 Å². The molecule has 0 aliphatic rings. The first-order valence-electron chi connectivity index (χ1n) is 3.84. The molecule has 0 radical (unpaired) electrons. The minimum atomic E-state index is 0.269. The summed E-state index contributed by atoms with van der Waals surface area (Å²) in [5.41, 5.74) is 5.71. The van der Waals surface area contributed by atoms with Crippen LogP contribution in [0.5, 0.6) is 0 Å². The molecule has 2 heteroatoms. The summed E-state index contributed by atoms with van der Waals surface area (Å²) in [6.45, 7) is 7.17. The Kier molecular flexibility index (Phi) is 4.65. The average Bonchev–Trinajstić information content (AvgIpc) is 1.87. The quantitative estimate of drug-likeness (QED) is 0.646. The predicted molar refractivity (Wildman–Crippen MR) is 43.9 cm³/mol. The van der Waals surface area contributed by atoms with Gasteiger partial charge in [0.25, 0.3) is 0 Å². The molecule has 0 aromatic carbocycles. The van der Waals surface area contributed by atoms with Crippen LogP contribution in [0.25, 0.3) is 0 Å². The van der Waals surface area contributed by atoms with Gasteiger partial charge in [0.15, 0.2) is 0 Å². The Morgan fingerprint density at radius 2 is 1.80 bits per heavy atom. The molecular formula is C8H19NO. The highest BCUT2D eigenvalue weighted by Crippen LogP contribution is 2.13. The van der Waals surface area contributed by atoms with Crippen molar-refractivity contribution in [2.75, 3.05) is 13.7 Å². The zero-order chi connectivity index (χ0) is 8.15. The molecule has 62 valence electrons. The largest absolute Gasteiger partial charge is 0.384 e. The summed E-state index contributed by atoms with van der Waals surface area (Å²) in [5, 5.41) is 0. The molecule has 3 unspecified atom stereocenters. The summed E-state index contributed by atoms with van der Waals surface area (Å²) < 4.78 is 5.02. The summed E-state index contributed by atoms with van der Waals surface area (Å²) in [7, 11) is 1.73. The van der Waals surface area contributed by atoms with Crippen LogP contribution in [0.15, 0.2) is 0 Å². The Balaban J connectivity index is 3.58. The average molecular weight is 145 g/mol. The van der Waals surface area contributed by atoms with E-state index in [0.717, 1.165) is 6.61 Å². The van der Waals surface area contributed by atoms with Crippen molar-refractivity contribution in [2.45, 2.75) is 26.8 Å². The number of rotatable bonds is 4. The van der Waals surface area contributed by atoms with E-state index < -0.39 is 0 Å². The van der Waals surface area contributed by atoms with Gasteiger partial charge in [0.2, 0.25) is 0 Å². The molecule has 0 fully saturated rings. The van der Waals surface area contributed by atoms with E-state index in [9.17, 15) is 0 Å². The van der Waals surface area contributed by atoms with Crippen molar-refractivity contribution in [1.29, 1.82) is 0 Å². The maximum atomic E-state index is 5.71. The SMILES string of the molecule is COCC(C)C(C)C(C)N. The number of nitrogens with two attached hydrogens (primary N) is 1. The summed E-state index contributed by atoms with van der Waals surface area (Å²) in [6.07, 6.45) is 0. The number of ether oxygens (including phenoxy) is 1. The van der Waals surface area contributed by atoms with E-state index in [0.29, 0.717) is 11.8 Å². The van der Waals surface area contributed by atoms with Crippen LogP contribution in [0.2, 0.25) is 0 Å². The molecule has 0 aromatic heterocycles. The smallest absolute Gasteiger partial charge is 0.0490 e. The van der Waals surface area contributed by atoms with Crippen molar-refractivity contribution in [3.63, 3.8) is 0 Å². The normalized spacial score (nSPS) is 20.1. The minimum absolute atomic E-state index is 0.269. The van der Waals surface area contributed by atoms with E-state index in [1.54, 1.807) is 7.11 Å². The molecule has 0 aliphatic carbocycles. The van der Waals surface area contributed by atoms with E-state index >= 15 is 0 Å². The van der Waals surface area contributed by atoms with Crippen molar-refractivity contribution in [1.82, 2.24) is 0 Å². The van der Waals surface area contributed by atoms with Crippen LogP contribution in [0.1, 0.15) is 20.8 Å². The highest BCUT2D eigenvalue weighted by Gasteiger charge is 2.15. The fourth-order valence-corrected chi connectivity index (χ4v) is 0.933. The third-order valence-corrected chi connectivity index (χ3v) is 2.16. The van der Waals surface area contributed by atoms with E-state index in [4.69, 9.17) is 10.5 Å². The minimum Gasteiger partial charge on any atom is -0.384 e. The fraction of sp³-hybridized carbons (Fsp3) is 1.00. The molecule has 2 N–H and O–H groups in total. The third kappa shape index (κ3) is 3.18. The Hall–Kier alpha value is -0.0800. The van der Waals surface area contributed by atoms with Gasteiger partial charge < -0.3 is 10.5 Å². The lowest BCUT2D eigenvalue weighted by molar-refractivity contribution is 0.127. The fourth-order valence-electron chi connectivity index (χ4n) is 0.933. The molecular weight excluding hydrogens is 126 g/mol. The highest BCUT2D eigenvalue weighted by atomic mass is 16.5. The third-order valence-electron chi connectivity index (χ3n) is 2.16. The first kappa shape index (κ1) is 9.92. The van der Waals surface area contributed by atoms with Gasteiger partial charge in [0.1, 0.15) is 0 Å². The van der Waals surface area contributed by atoms with Gasteiger partial charge in [-0.1, -0.05) is 13.8 Å². The van der Waals surface area contributed by atoms with Gasteiger partial charge in [-0.05, 0) is 18.8 Å². The summed E-state index contributed by atoms with van der Waals surface area (Å²) in [4.78, 5) is 0. The second kappa shape index (κ2) is 4.69.